The van der Waals surface area contributed by atoms with Crippen LogP contribution in [0.25, 0.3) is 82.4 Å². The first-order valence-electron chi connectivity index (χ1n) is 19.9. The Kier molecular flexibility index (Phi) is 8.19. The third-order valence-corrected chi connectivity index (χ3v) is 11.6. The molecule has 0 unspecified atom stereocenters. The molecule has 1 heterocycles. The highest BCUT2D eigenvalue weighted by atomic mass is 15.1. The number of nitrogens with zero attached hydrogens (tertiary/aromatic N) is 2. The van der Waals surface area contributed by atoms with Gasteiger partial charge in [-0.05, 0) is 116 Å². The fourth-order valence-corrected chi connectivity index (χ4v) is 8.70. The molecule has 2 heteroatoms. The molecule has 11 rings (SSSR count). The Morgan fingerprint density at radius 1 is 0.293 bits per heavy atom. The number of rotatable bonds is 7. The largest absolute Gasteiger partial charge is 0.310 e. The number of hydrogen-bond acceptors (Lipinski definition) is 1. The first-order chi connectivity index (χ1) is 28.7. The van der Waals surface area contributed by atoms with Gasteiger partial charge in [0.1, 0.15) is 0 Å². The van der Waals surface area contributed by atoms with Crippen molar-refractivity contribution in [2.75, 3.05) is 4.90 Å². The summed E-state index contributed by atoms with van der Waals surface area (Å²) in [5.41, 5.74) is 14.0. The highest BCUT2D eigenvalue weighted by Gasteiger charge is 2.18. The lowest BCUT2D eigenvalue weighted by molar-refractivity contribution is 1.18. The lowest BCUT2D eigenvalue weighted by Gasteiger charge is -2.28. The minimum Gasteiger partial charge on any atom is -0.310 e. The quantitative estimate of drug-likeness (QED) is 0.158. The van der Waals surface area contributed by atoms with Crippen molar-refractivity contribution in [1.82, 2.24) is 4.57 Å². The zero-order chi connectivity index (χ0) is 38.4. The molecule has 1 aromatic heterocycles. The summed E-state index contributed by atoms with van der Waals surface area (Å²) >= 11 is 0. The van der Waals surface area contributed by atoms with Crippen LogP contribution in [0.15, 0.2) is 231 Å². The van der Waals surface area contributed by atoms with Crippen LogP contribution in [0, 0.1) is 0 Å². The molecule has 0 aliphatic heterocycles. The predicted octanol–water partition coefficient (Wildman–Crippen LogP) is 15.6. The summed E-state index contributed by atoms with van der Waals surface area (Å²) < 4.78 is 2.38. The topological polar surface area (TPSA) is 8.17 Å². The molecule has 11 aromatic rings. The van der Waals surface area contributed by atoms with Gasteiger partial charge >= 0.3 is 0 Å². The second kappa shape index (κ2) is 14.1. The van der Waals surface area contributed by atoms with Crippen LogP contribution in [0.4, 0.5) is 17.1 Å². The molecular formula is C56H38N2. The molecule has 0 aliphatic carbocycles. The van der Waals surface area contributed by atoms with Gasteiger partial charge in [0, 0.05) is 33.4 Å². The average Bonchev–Trinajstić information content (AvgIpc) is 3.64. The van der Waals surface area contributed by atoms with E-state index in [4.69, 9.17) is 0 Å². The van der Waals surface area contributed by atoms with Gasteiger partial charge in [-0.25, -0.2) is 0 Å². The van der Waals surface area contributed by atoms with Gasteiger partial charge in [0.05, 0.1) is 16.7 Å². The highest BCUT2D eigenvalue weighted by molar-refractivity contribution is 6.09. The predicted molar refractivity (Wildman–Crippen MR) is 247 cm³/mol. The third-order valence-electron chi connectivity index (χ3n) is 11.6. The van der Waals surface area contributed by atoms with Crippen molar-refractivity contribution < 1.29 is 0 Å². The van der Waals surface area contributed by atoms with Crippen LogP contribution < -0.4 is 4.90 Å². The molecule has 0 saturated carbocycles. The summed E-state index contributed by atoms with van der Waals surface area (Å²) in [6, 6.07) is 83.7. The molecule has 0 spiro atoms. The summed E-state index contributed by atoms with van der Waals surface area (Å²) in [5.74, 6) is 0. The van der Waals surface area contributed by atoms with Crippen molar-refractivity contribution in [3.8, 4) is 39.1 Å². The van der Waals surface area contributed by atoms with Crippen LogP contribution in [-0.4, -0.2) is 4.57 Å². The van der Waals surface area contributed by atoms with E-state index < -0.39 is 0 Å². The van der Waals surface area contributed by atoms with Gasteiger partial charge in [0.25, 0.3) is 0 Å². The maximum atomic E-state index is 2.40. The van der Waals surface area contributed by atoms with Crippen LogP contribution in [0.2, 0.25) is 0 Å². The van der Waals surface area contributed by atoms with E-state index in [2.05, 4.69) is 240 Å². The van der Waals surface area contributed by atoms with E-state index in [1.54, 1.807) is 0 Å². The maximum Gasteiger partial charge on any atom is 0.0541 e. The minimum atomic E-state index is 1.09. The van der Waals surface area contributed by atoms with Gasteiger partial charge in [0.15, 0.2) is 0 Å². The zero-order valence-electron chi connectivity index (χ0n) is 31.8. The van der Waals surface area contributed by atoms with E-state index in [0.717, 1.165) is 22.7 Å². The summed E-state index contributed by atoms with van der Waals surface area (Å²) in [6.07, 6.45) is 0. The molecule has 0 amide bonds. The van der Waals surface area contributed by atoms with Gasteiger partial charge < -0.3 is 9.47 Å². The van der Waals surface area contributed by atoms with E-state index >= 15 is 0 Å². The molecule has 0 saturated heterocycles. The Bertz CT molecular complexity index is 3230. The fourth-order valence-electron chi connectivity index (χ4n) is 8.70. The highest BCUT2D eigenvalue weighted by Crippen LogP contribution is 2.43. The van der Waals surface area contributed by atoms with Crippen molar-refractivity contribution in [2.24, 2.45) is 0 Å². The van der Waals surface area contributed by atoms with Gasteiger partial charge in [-0.3, -0.25) is 0 Å². The van der Waals surface area contributed by atoms with Crippen LogP contribution >= 0.6 is 0 Å². The van der Waals surface area contributed by atoms with Crippen LogP contribution in [0.5, 0.6) is 0 Å². The number of aromatic nitrogens is 1. The molecule has 0 atom stereocenters. The molecule has 10 aromatic carbocycles. The molecule has 58 heavy (non-hydrogen) atoms. The number of fused-ring (bicyclic) bond motifs is 5. The van der Waals surface area contributed by atoms with Gasteiger partial charge in [-0.1, -0.05) is 164 Å². The average molecular weight is 739 g/mol. The molecule has 0 N–H and O–H groups in total. The van der Waals surface area contributed by atoms with Gasteiger partial charge in [-0.15, -0.1) is 0 Å². The Morgan fingerprint density at radius 3 is 1.38 bits per heavy atom. The second-order valence-corrected chi connectivity index (χ2v) is 15.0. The number of benzene rings is 10. The molecule has 0 bridgehead atoms. The molecule has 0 radical (unpaired) electrons. The van der Waals surface area contributed by atoms with Gasteiger partial charge in [-0.2, -0.15) is 0 Å². The zero-order valence-corrected chi connectivity index (χ0v) is 31.8. The van der Waals surface area contributed by atoms with Crippen LogP contribution in [-0.2, 0) is 0 Å². The first kappa shape index (κ1) is 33.6. The first-order valence-corrected chi connectivity index (χ1v) is 19.9. The van der Waals surface area contributed by atoms with Crippen LogP contribution in [0.3, 0.4) is 0 Å². The third kappa shape index (κ3) is 5.91. The Balaban J connectivity index is 1.01. The SMILES string of the molecule is c1cc(-c2ccc(N(c3ccc(-c4ccc5ccccc5c4)cc3)c3ccccc3-c3ccc4ccccc4c3)cc2)cc(-n2c3ccccc3c3ccccc32)c1. The second-order valence-electron chi connectivity index (χ2n) is 15.0. The maximum absolute atomic E-state index is 2.40. The standard InChI is InChI=1S/C56H38N2/c1-3-14-43-36-46(26-24-39(43)12-1)42-30-34-49(35-31-42)57(54-21-8-5-18-51(54)47-27-25-40-13-2-4-15-44(40)37-47)48-32-28-41(29-33-48)45-16-11-17-50(38-45)58-55-22-9-6-19-52(55)53-20-7-10-23-56(53)58/h1-38H. The molecule has 2 nitrogen and oxygen atoms in total. The molecular weight excluding hydrogens is 701 g/mol. The van der Waals surface area contributed by atoms with E-state index in [1.165, 1.54) is 76.7 Å². The molecule has 272 valence electrons. The Hall–Kier alpha value is -7.68. The number of hydrogen-bond donors (Lipinski definition) is 0. The summed E-state index contributed by atoms with van der Waals surface area (Å²) in [6.45, 7) is 0. The number of para-hydroxylation sites is 3. The normalized spacial score (nSPS) is 11.4. The summed E-state index contributed by atoms with van der Waals surface area (Å²) in [5, 5.41) is 7.50. The van der Waals surface area contributed by atoms with Crippen molar-refractivity contribution in [1.29, 1.82) is 0 Å². The Labute approximate surface area is 338 Å². The van der Waals surface area contributed by atoms with Crippen molar-refractivity contribution in [3.63, 3.8) is 0 Å². The van der Waals surface area contributed by atoms with E-state index in [-0.39, 0.29) is 0 Å². The lowest BCUT2D eigenvalue weighted by Crippen LogP contribution is -2.11. The molecule has 0 aliphatic rings. The van der Waals surface area contributed by atoms with Crippen molar-refractivity contribution in [3.05, 3.63) is 231 Å². The summed E-state index contributed by atoms with van der Waals surface area (Å²) in [7, 11) is 0. The number of anilines is 3. The van der Waals surface area contributed by atoms with Gasteiger partial charge in [0.2, 0.25) is 0 Å². The molecule has 0 fully saturated rings. The van der Waals surface area contributed by atoms with E-state index in [9.17, 15) is 0 Å². The fraction of sp³-hybridized carbons (Fsp3) is 0. The Morgan fingerprint density at radius 2 is 0.759 bits per heavy atom. The minimum absolute atomic E-state index is 1.09. The van der Waals surface area contributed by atoms with Crippen LogP contribution in [0.1, 0.15) is 0 Å². The van der Waals surface area contributed by atoms with Crippen molar-refractivity contribution >= 4 is 60.4 Å². The lowest BCUT2D eigenvalue weighted by atomic mass is 9.98. The van der Waals surface area contributed by atoms with E-state index in [1.807, 2.05) is 0 Å². The van der Waals surface area contributed by atoms with Crippen molar-refractivity contribution in [2.45, 2.75) is 0 Å². The smallest absolute Gasteiger partial charge is 0.0541 e. The summed E-state index contributed by atoms with van der Waals surface area (Å²) in [4.78, 5) is 2.40. The monoisotopic (exact) mass is 738 g/mol. The van der Waals surface area contributed by atoms with E-state index in [0.29, 0.717) is 0 Å².